The second kappa shape index (κ2) is 5.83. The molecular formula is C15H17FN2O2S. The molecule has 0 aliphatic heterocycles. The summed E-state index contributed by atoms with van der Waals surface area (Å²) >= 11 is 0. The van der Waals surface area contributed by atoms with Crippen molar-refractivity contribution in [1.82, 2.24) is 0 Å². The molecule has 0 saturated carbocycles. The van der Waals surface area contributed by atoms with Crippen LogP contribution in [0.5, 0.6) is 0 Å². The fraction of sp³-hybridized carbons (Fsp3) is 0.200. The van der Waals surface area contributed by atoms with Gasteiger partial charge in [-0.1, -0.05) is 12.1 Å². The number of hydrogen-bond donors (Lipinski definition) is 2. The van der Waals surface area contributed by atoms with Gasteiger partial charge in [-0.2, -0.15) is 0 Å². The number of sulfonamides is 1. The number of hydrogen-bond acceptors (Lipinski definition) is 3. The molecule has 6 heteroatoms. The minimum Gasteiger partial charge on any atom is -0.326 e. The zero-order valence-electron chi connectivity index (χ0n) is 11.9. The van der Waals surface area contributed by atoms with E-state index in [1.165, 1.54) is 12.1 Å². The topological polar surface area (TPSA) is 72.2 Å². The lowest BCUT2D eigenvalue weighted by Crippen LogP contribution is -2.15. The van der Waals surface area contributed by atoms with Crippen molar-refractivity contribution >= 4 is 15.7 Å². The lowest BCUT2D eigenvalue weighted by molar-refractivity contribution is 0.569. The first-order valence-corrected chi connectivity index (χ1v) is 7.90. The van der Waals surface area contributed by atoms with Gasteiger partial charge < -0.3 is 5.73 Å². The highest BCUT2D eigenvalue weighted by molar-refractivity contribution is 7.92. The van der Waals surface area contributed by atoms with Crippen molar-refractivity contribution in [2.75, 3.05) is 4.72 Å². The molecule has 0 radical (unpaired) electrons. The highest BCUT2D eigenvalue weighted by atomic mass is 32.2. The van der Waals surface area contributed by atoms with Gasteiger partial charge in [0.05, 0.1) is 0 Å². The van der Waals surface area contributed by atoms with Crippen LogP contribution in [0.2, 0.25) is 0 Å². The van der Waals surface area contributed by atoms with Crippen molar-refractivity contribution in [3.05, 3.63) is 58.9 Å². The minimum absolute atomic E-state index is 0.145. The number of benzene rings is 2. The lowest BCUT2D eigenvalue weighted by atomic mass is 10.1. The van der Waals surface area contributed by atoms with E-state index in [-0.39, 0.29) is 6.54 Å². The van der Waals surface area contributed by atoms with Gasteiger partial charge in [0.1, 0.15) is 10.7 Å². The molecule has 0 bridgehead atoms. The van der Waals surface area contributed by atoms with Crippen molar-refractivity contribution in [2.45, 2.75) is 25.3 Å². The van der Waals surface area contributed by atoms with Gasteiger partial charge in [-0.05, 0) is 54.8 Å². The maximum atomic E-state index is 13.8. The predicted octanol–water partition coefficient (Wildman–Crippen LogP) is 2.70. The second-order valence-corrected chi connectivity index (χ2v) is 6.60. The molecule has 2 aromatic rings. The van der Waals surface area contributed by atoms with Crippen molar-refractivity contribution in [3.8, 4) is 0 Å². The van der Waals surface area contributed by atoms with Crippen molar-refractivity contribution in [2.24, 2.45) is 5.73 Å². The Bertz CT molecular complexity index is 753. The molecule has 0 spiro atoms. The number of rotatable bonds is 4. The Morgan fingerprint density at radius 3 is 2.29 bits per heavy atom. The predicted molar refractivity (Wildman–Crippen MR) is 81.0 cm³/mol. The number of anilines is 1. The van der Waals surface area contributed by atoms with E-state index >= 15 is 0 Å². The molecule has 0 heterocycles. The molecule has 0 aromatic heterocycles. The Morgan fingerprint density at radius 2 is 1.71 bits per heavy atom. The molecule has 0 fully saturated rings. The molecule has 0 aliphatic rings. The number of nitrogens with two attached hydrogens (primary N) is 1. The summed E-state index contributed by atoms with van der Waals surface area (Å²) in [7, 11) is -3.99. The molecule has 2 aromatic carbocycles. The van der Waals surface area contributed by atoms with Crippen LogP contribution in [0, 0.1) is 19.7 Å². The Labute approximate surface area is 123 Å². The fourth-order valence-electron chi connectivity index (χ4n) is 2.12. The third-order valence-corrected chi connectivity index (χ3v) is 4.39. The first-order chi connectivity index (χ1) is 9.81. The maximum absolute atomic E-state index is 13.8. The van der Waals surface area contributed by atoms with E-state index < -0.39 is 20.7 Å². The fourth-order valence-corrected chi connectivity index (χ4v) is 3.29. The molecule has 0 amide bonds. The Hall–Kier alpha value is -1.92. The van der Waals surface area contributed by atoms with Crippen LogP contribution >= 0.6 is 0 Å². The highest BCUT2D eigenvalue weighted by Gasteiger charge is 2.19. The molecular weight excluding hydrogens is 291 g/mol. The molecule has 112 valence electrons. The van der Waals surface area contributed by atoms with Crippen LogP contribution in [0.15, 0.2) is 41.3 Å². The van der Waals surface area contributed by atoms with Crippen LogP contribution in [-0.4, -0.2) is 8.42 Å². The minimum atomic E-state index is -3.99. The summed E-state index contributed by atoms with van der Waals surface area (Å²) in [5.41, 5.74) is 8.27. The molecule has 0 aliphatic carbocycles. The van der Waals surface area contributed by atoms with Crippen molar-refractivity contribution in [1.29, 1.82) is 0 Å². The van der Waals surface area contributed by atoms with Crippen LogP contribution in [0.1, 0.15) is 16.7 Å². The average molecular weight is 308 g/mol. The van der Waals surface area contributed by atoms with Gasteiger partial charge in [0, 0.05) is 12.2 Å². The third kappa shape index (κ3) is 3.59. The Balaban J connectivity index is 2.42. The van der Waals surface area contributed by atoms with Crippen molar-refractivity contribution < 1.29 is 12.8 Å². The molecule has 2 rings (SSSR count). The van der Waals surface area contributed by atoms with Crippen LogP contribution in [0.25, 0.3) is 0 Å². The molecule has 21 heavy (non-hydrogen) atoms. The Morgan fingerprint density at radius 1 is 1.10 bits per heavy atom. The van der Waals surface area contributed by atoms with Crippen LogP contribution in [0.3, 0.4) is 0 Å². The first-order valence-electron chi connectivity index (χ1n) is 6.41. The van der Waals surface area contributed by atoms with E-state index in [1.54, 1.807) is 12.1 Å². The lowest BCUT2D eigenvalue weighted by Gasteiger charge is -2.11. The summed E-state index contributed by atoms with van der Waals surface area (Å²) in [5, 5.41) is 0. The van der Waals surface area contributed by atoms with Gasteiger partial charge in [0.2, 0.25) is 0 Å². The first kappa shape index (κ1) is 15.5. The van der Waals surface area contributed by atoms with E-state index in [2.05, 4.69) is 4.72 Å². The van der Waals surface area contributed by atoms with E-state index in [1.807, 2.05) is 19.9 Å². The van der Waals surface area contributed by atoms with Gasteiger partial charge >= 0.3 is 0 Å². The second-order valence-electron chi connectivity index (χ2n) is 4.95. The standard InChI is InChI=1S/C15H17FN2O2S/c1-10-5-11(2)7-13(6-10)18-21(19,20)15-8-12(9-17)3-4-14(15)16/h3-8,18H,9,17H2,1-2H3. The van der Waals surface area contributed by atoms with E-state index in [0.717, 1.165) is 17.2 Å². The van der Waals surface area contributed by atoms with Crippen molar-refractivity contribution in [3.63, 3.8) is 0 Å². The average Bonchev–Trinajstić information content (AvgIpc) is 2.37. The SMILES string of the molecule is Cc1cc(C)cc(NS(=O)(=O)c2cc(CN)ccc2F)c1. The number of aryl methyl sites for hydroxylation is 2. The number of nitrogens with one attached hydrogen (secondary N) is 1. The summed E-state index contributed by atoms with van der Waals surface area (Å²) in [5.74, 6) is -0.802. The molecule has 0 atom stereocenters. The summed E-state index contributed by atoms with van der Waals surface area (Å²) in [6.07, 6.45) is 0. The van der Waals surface area contributed by atoms with Crippen LogP contribution in [0.4, 0.5) is 10.1 Å². The summed E-state index contributed by atoms with van der Waals surface area (Å²) in [4.78, 5) is -0.399. The summed E-state index contributed by atoms with van der Waals surface area (Å²) in [6, 6.07) is 9.13. The third-order valence-electron chi connectivity index (χ3n) is 2.99. The van der Waals surface area contributed by atoms with E-state index in [0.29, 0.717) is 11.3 Å². The monoisotopic (exact) mass is 308 g/mol. The number of halogens is 1. The van der Waals surface area contributed by atoms with Crippen LogP contribution < -0.4 is 10.5 Å². The zero-order valence-corrected chi connectivity index (χ0v) is 12.7. The maximum Gasteiger partial charge on any atom is 0.264 e. The van der Waals surface area contributed by atoms with Gasteiger partial charge in [-0.15, -0.1) is 0 Å². The Kier molecular flexibility index (Phi) is 4.29. The quantitative estimate of drug-likeness (QED) is 0.912. The molecule has 0 saturated heterocycles. The van der Waals surface area contributed by atoms with Crippen LogP contribution in [-0.2, 0) is 16.6 Å². The highest BCUT2D eigenvalue weighted by Crippen LogP contribution is 2.21. The van der Waals surface area contributed by atoms with Gasteiger partial charge in [-0.3, -0.25) is 4.72 Å². The smallest absolute Gasteiger partial charge is 0.264 e. The molecule has 3 N–H and O–H groups in total. The largest absolute Gasteiger partial charge is 0.326 e. The van der Waals surface area contributed by atoms with E-state index in [9.17, 15) is 12.8 Å². The van der Waals surface area contributed by atoms with Gasteiger partial charge in [0.25, 0.3) is 10.0 Å². The van der Waals surface area contributed by atoms with Gasteiger partial charge in [-0.25, -0.2) is 12.8 Å². The van der Waals surface area contributed by atoms with Gasteiger partial charge in [0.15, 0.2) is 0 Å². The summed E-state index contributed by atoms with van der Waals surface area (Å²) in [6.45, 7) is 3.87. The summed E-state index contributed by atoms with van der Waals surface area (Å²) < 4.78 is 40.8. The zero-order chi connectivity index (χ0) is 15.6. The normalized spacial score (nSPS) is 11.4. The molecule has 4 nitrogen and oxygen atoms in total. The van der Waals surface area contributed by atoms with E-state index in [4.69, 9.17) is 5.73 Å². The molecule has 0 unspecified atom stereocenters.